The number of nitrogens with zero attached hydrogens (tertiary/aromatic N) is 1. The predicted molar refractivity (Wildman–Crippen MR) is 231 cm³/mol. The first kappa shape index (κ1) is 58.3. The molecule has 0 fully saturated rings. The molecule has 0 rings (SSSR count). The van der Waals surface area contributed by atoms with E-state index in [0.29, 0.717) is 77.7 Å². The number of carbonyl (C=O) groups is 2. The molecule has 0 aromatic heterocycles. The zero-order valence-electron chi connectivity index (χ0n) is 36.1. The van der Waals surface area contributed by atoms with Crippen LogP contribution >= 0.6 is 24.4 Å². The lowest BCUT2D eigenvalue weighted by Crippen LogP contribution is -2.55. The highest BCUT2D eigenvalue weighted by Gasteiger charge is 2.55. The van der Waals surface area contributed by atoms with Crippen molar-refractivity contribution in [2.75, 3.05) is 66.6 Å². The van der Waals surface area contributed by atoms with Crippen LogP contribution in [0.5, 0.6) is 0 Å². The van der Waals surface area contributed by atoms with Crippen molar-refractivity contribution in [3.63, 3.8) is 0 Å². The van der Waals surface area contributed by atoms with E-state index < -0.39 is 34.7 Å². The van der Waals surface area contributed by atoms with Gasteiger partial charge in [0.05, 0.1) is 4.87 Å². The summed E-state index contributed by atoms with van der Waals surface area (Å²) in [6.07, 6.45) is 4.20. The van der Waals surface area contributed by atoms with Crippen LogP contribution in [0.4, 0.5) is 0 Å². The first-order valence-electron chi connectivity index (χ1n) is 19.8. The van der Waals surface area contributed by atoms with Gasteiger partial charge < -0.3 is 53.8 Å². The smallest absolute Gasteiger partial charge is 0.407 e. The number of thioether (sulfide) groups is 1. The third-order valence-electron chi connectivity index (χ3n) is 8.25. The number of rotatable bonds is 32. The molecule has 0 aromatic rings. The van der Waals surface area contributed by atoms with Gasteiger partial charge >= 0.3 is 34.7 Å². The Hall–Kier alpha value is -0.00247. The molecule has 0 aliphatic carbocycles. The van der Waals surface area contributed by atoms with Gasteiger partial charge in [-0.2, -0.15) is 17.9 Å². The maximum absolute atomic E-state index is 10.5. The fourth-order valence-electron chi connectivity index (χ4n) is 5.84. The summed E-state index contributed by atoms with van der Waals surface area (Å²) in [6, 6.07) is 0. The molecule has 0 radical (unpaired) electrons. The Balaban J connectivity index is -0.000000811. The van der Waals surface area contributed by atoms with Crippen LogP contribution in [0.25, 0.3) is 0 Å². The van der Waals surface area contributed by atoms with Crippen LogP contribution in [-0.2, 0) is 53.8 Å². The molecule has 0 amide bonds. The van der Waals surface area contributed by atoms with Gasteiger partial charge in [0.25, 0.3) is 0 Å². The summed E-state index contributed by atoms with van der Waals surface area (Å²) < 4.78 is 59.3. The fraction of sp³-hybridized carbons (Fsp3) is 0.914. The average Bonchev–Trinajstić information content (AvgIpc) is 3.16. The molecule has 322 valence electrons. The maximum atomic E-state index is 10.5. The Labute approximate surface area is 343 Å². The van der Waals surface area contributed by atoms with E-state index in [1.54, 1.807) is 0 Å². The van der Waals surface area contributed by atoms with E-state index in [0.717, 1.165) is 25.7 Å². The lowest BCUT2D eigenvalue weighted by molar-refractivity contribution is 0.0481. The quantitative estimate of drug-likeness (QED) is 0.0301. The number of hydrogen-bond acceptors (Lipinski definition) is 15. The van der Waals surface area contributed by atoms with Gasteiger partial charge in [0.2, 0.25) is 0 Å². The molecule has 0 saturated carbocycles. The first-order chi connectivity index (χ1) is 25.9. The second-order valence-corrected chi connectivity index (χ2v) is 25.8. The van der Waals surface area contributed by atoms with Crippen molar-refractivity contribution >= 4 is 70.9 Å². The number of thiocyanates is 1. The molecule has 19 heteroatoms. The summed E-state index contributed by atoms with van der Waals surface area (Å²) in [5.41, 5.74) is 0.381. The van der Waals surface area contributed by atoms with E-state index in [2.05, 4.69) is 31.9 Å². The second-order valence-electron chi connectivity index (χ2n) is 11.5. The molecule has 54 heavy (non-hydrogen) atoms. The van der Waals surface area contributed by atoms with Crippen LogP contribution in [0.1, 0.15) is 122 Å². The van der Waals surface area contributed by atoms with Gasteiger partial charge in [0.1, 0.15) is 17.2 Å². The van der Waals surface area contributed by atoms with Crippen molar-refractivity contribution in [3.05, 3.63) is 0 Å². The van der Waals surface area contributed by atoms with Crippen LogP contribution in [-0.4, -0.2) is 123 Å². The summed E-state index contributed by atoms with van der Waals surface area (Å²) in [7, 11) is -9.73. The molecule has 0 bridgehead atoms. The van der Waals surface area contributed by atoms with Crippen LogP contribution in [0.2, 0.25) is 11.1 Å². The summed E-state index contributed by atoms with van der Waals surface area (Å²) >= 11 is 5.32. The first-order valence-corrected chi connectivity index (χ1v) is 28.8. The highest BCUT2D eigenvalue weighted by Crippen LogP contribution is 2.43. The Morgan fingerprint density at radius 1 is 0.537 bits per heavy atom. The zero-order valence-corrected chi connectivity index (χ0v) is 41.8. The van der Waals surface area contributed by atoms with Crippen molar-refractivity contribution in [1.29, 1.82) is 5.26 Å². The van der Waals surface area contributed by atoms with Gasteiger partial charge in [-0.1, -0.05) is 27.7 Å². The van der Waals surface area contributed by atoms with Gasteiger partial charge in [-0.3, -0.25) is 0 Å². The Morgan fingerprint density at radius 3 is 1.00 bits per heavy atom. The van der Waals surface area contributed by atoms with Crippen molar-refractivity contribution in [2.45, 2.75) is 143 Å². The monoisotopic (exact) mass is 879 g/mol. The SMILES string of the molecule is CCC(S)[Si](C=O)(C=O)OC.CCO[Si](OCC)(OCC)C(CC)CC(CC)[Si](OCC)(OCC)OCC.CCO[Si](OCC)(OCC)C(CC)SC#N. The molecule has 0 aliphatic heterocycles. The minimum Gasteiger partial charge on any atom is -0.407 e. The van der Waals surface area contributed by atoms with Crippen LogP contribution in [0.3, 0.4) is 0 Å². The molecule has 13 nitrogen and oxygen atoms in total. The molecule has 0 spiro atoms. The van der Waals surface area contributed by atoms with E-state index in [1.807, 2.05) is 76.2 Å². The van der Waals surface area contributed by atoms with E-state index in [9.17, 15) is 9.59 Å². The molecule has 0 aromatic carbocycles. The van der Waals surface area contributed by atoms with Crippen LogP contribution in [0.15, 0.2) is 0 Å². The number of carbonyl (C=O) groups excluding carboxylic acids is 2. The lowest BCUT2D eigenvalue weighted by atomic mass is 10.1. The van der Waals surface area contributed by atoms with Crippen LogP contribution < -0.4 is 0 Å². The average molecular weight is 880 g/mol. The second kappa shape index (κ2) is 35.0. The van der Waals surface area contributed by atoms with Gasteiger partial charge in [0, 0.05) is 82.5 Å². The Morgan fingerprint density at radius 2 is 0.833 bits per heavy atom. The summed E-state index contributed by atoms with van der Waals surface area (Å²) in [5.74, 6) is 1.25. The van der Waals surface area contributed by atoms with Gasteiger partial charge in [-0.05, 0) is 106 Å². The highest BCUT2D eigenvalue weighted by atomic mass is 32.2. The van der Waals surface area contributed by atoms with E-state index in [1.165, 1.54) is 18.9 Å². The Kier molecular flexibility index (Phi) is 37.8. The fourth-order valence-corrected chi connectivity index (χ4v) is 18.9. The molecule has 4 unspecified atom stereocenters. The van der Waals surface area contributed by atoms with Gasteiger partial charge in [-0.15, -0.1) is 0 Å². The minimum absolute atomic E-state index is 0.00245. The van der Waals surface area contributed by atoms with E-state index >= 15 is 0 Å². The van der Waals surface area contributed by atoms with Crippen molar-refractivity contribution in [2.24, 2.45) is 0 Å². The molecule has 0 aliphatic rings. The summed E-state index contributed by atoms with van der Waals surface area (Å²) in [5, 5.41) is 10.9. The molecule has 0 heterocycles. The van der Waals surface area contributed by atoms with Crippen molar-refractivity contribution < 1.29 is 53.8 Å². The van der Waals surface area contributed by atoms with Crippen molar-refractivity contribution in [3.8, 4) is 5.40 Å². The number of hydrogen-bond donors (Lipinski definition) is 1. The summed E-state index contributed by atoms with van der Waals surface area (Å²) in [6.45, 7) is 31.2. The molecular weight excluding hydrogens is 803 g/mol. The standard InChI is InChI=1S/C19H44O6Si2.C10H21NO3SSi.C6H12O3SSi/c1-9-18(26(20-11-3,21-12-4)22-13-5)17-19(10-2)27(23-14-6,24-15-7)25-16-8;1-5-10(15-9-11)16(12-6-2,13-7-3)14-8-4;1-3-6(10)11(4-7,5-8)9-2/h18-19H,9-17H2,1-8H3;10H,5-8H2,1-4H3;4-6,10H,3H2,1-2H3. The number of nitriles is 1. The normalized spacial score (nSPS) is 14.4. The largest absolute Gasteiger partial charge is 0.515 e. The van der Waals surface area contributed by atoms with Gasteiger partial charge in [0.15, 0.2) is 0 Å². The third-order valence-corrected chi connectivity index (χ3v) is 25.4. The predicted octanol–water partition coefficient (Wildman–Crippen LogP) is 7.97. The summed E-state index contributed by atoms with van der Waals surface area (Å²) in [4.78, 5) is 20.9. The molecule has 4 atom stereocenters. The Bertz CT molecular complexity index is 869. The van der Waals surface area contributed by atoms with Crippen LogP contribution in [0, 0.1) is 10.7 Å². The van der Waals surface area contributed by atoms with Gasteiger partial charge in [-0.25, -0.2) is 0 Å². The topological polar surface area (TPSA) is 150 Å². The number of thiol groups is 1. The molecular formula is C35H77NO12S2Si4. The maximum Gasteiger partial charge on any atom is 0.515 e. The molecule has 0 saturated heterocycles. The molecule has 0 N–H and O–H groups in total. The zero-order chi connectivity index (χ0) is 42.1. The highest BCUT2D eigenvalue weighted by molar-refractivity contribution is 8.05. The lowest BCUT2D eigenvalue weighted by Gasteiger charge is -2.40. The van der Waals surface area contributed by atoms with E-state index in [4.69, 9.17) is 49.5 Å². The van der Waals surface area contributed by atoms with E-state index in [-0.39, 0.29) is 20.8 Å². The third kappa shape index (κ3) is 19.2. The minimum atomic E-state index is -2.82. The van der Waals surface area contributed by atoms with Crippen molar-refractivity contribution in [1.82, 2.24) is 0 Å².